The van der Waals surface area contributed by atoms with Crippen LogP contribution in [0.25, 0.3) is 0 Å². The van der Waals surface area contributed by atoms with Gasteiger partial charge in [-0.05, 0) is 0 Å². The SMILES string of the molecule is N/C(CC(N)O)=N\O. The average molecular weight is 119 g/mol. The zero-order chi connectivity index (χ0) is 6.57. The predicted molar refractivity (Wildman–Crippen MR) is 28.2 cm³/mol. The first kappa shape index (κ1) is 7.19. The van der Waals surface area contributed by atoms with E-state index in [1.54, 1.807) is 0 Å². The summed E-state index contributed by atoms with van der Waals surface area (Å²) >= 11 is 0. The molecular formula is C3H9N3O2. The molecule has 0 radical (unpaired) electrons. The first-order valence-corrected chi connectivity index (χ1v) is 2.07. The van der Waals surface area contributed by atoms with E-state index >= 15 is 0 Å². The van der Waals surface area contributed by atoms with Gasteiger partial charge in [-0.3, -0.25) is 0 Å². The van der Waals surface area contributed by atoms with Crippen molar-refractivity contribution in [1.82, 2.24) is 0 Å². The maximum Gasteiger partial charge on any atom is 0.143 e. The zero-order valence-electron chi connectivity index (χ0n) is 4.28. The lowest BCUT2D eigenvalue weighted by Gasteiger charge is -1.99. The molecule has 8 heavy (non-hydrogen) atoms. The molecule has 5 heteroatoms. The molecule has 0 aliphatic carbocycles. The molecule has 6 N–H and O–H groups in total. The number of rotatable bonds is 2. The minimum Gasteiger partial charge on any atom is -0.409 e. The number of aliphatic hydroxyl groups excluding tert-OH is 1. The molecule has 1 unspecified atom stereocenters. The van der Waals surface area contributed by atoms with Gasteiger partial charge in [-0.25, -0.2) is 0 Å². The third kappa shape index (κ3) is 3.38. The summed E-state index contributed by atoms with van der Waals surface area (Å²) in [6.07, 6.45) is -1.04. The minimum atomic E-state index is -1.04. The van der Waals surface area contributed by atoms with E-state index in [0.29, 0.717) is 0 Å². The molecule has 0 aromatic carbocycles. The summed E-state index contributed by atoms with van der Waals surface area (Å²) in [6.45, 7) is 0. The van der Waals surface area contributed by atoms with E-state index < -0.39 is 6.23 Å². The summed E-state index contributed by atoms with van der Waals surface area (Å²) in [5, 5.41) is 18.8. The summed E-state index contributed by atoms with van der Waals surface area (Å²) < 4.78 is 0. The van der Waals surface area contributed by atoms with Gasteiger partial charge in [0.05, 0.1) is 0 Å². The second kappa shape index (κ2) is 3.23. The molecule has 0 rings (SSSR count). The molecule has 0 aliphatic heterocycles. The van der Waals surface area contributed by atoms with Gasteiger partial charge in [0, 0.05) is 6.42 Å². The monoisotopic (exact) mass is 119 g/mol. The van der Waals surface area contributed by atoms with Crippen molar-refractivity contribution >= 4 is 5.84 Å². The maximum absolute atomic E-state index is 8.36. The van der Waals surface area contributed by atoms with Crippen LogP contribution in [-0.4, -0.2) is 22.4 Å². The molecule has 0 saturated heterocycles. The van der Waals surface area contributed by atoms with E-state index in [2.05, 4.69) is 5.16 Å². The Morgan fingerprint density at radius 1 is 1.75 bits per heavy atom. The zero-order valence-corrected chi connectivity index (χ0v) is 4.28. The van der Waals surface area contributed by atoms with Crippen LogP contribution in [0.2, 0.25) is 0 Å². The third-order valence-corrected chi connectivity index (χ3v) is 0.547. The average Bonchev–Trinajstić information content (AvgIpc) is 1.65. The number of oxime groups is 1. The third-order valence-electron chi connectivity index (χ3n) is 0.547. The number of amidine groups is 1. The van der Waals surface area contributed by atoms with Gasteiger partial charge in [0.1, 0.15) is 12.1 Å². The van der Waals surface area contributed by atoms with Gasteiger partial charge in [0.2, 0.25) is 0 Å². The van der Waals surface area contributed by atoms with Crippen molar-refractivity contribution in [3.8, 4) is 0 Å². The Kier molecular flexibility index (Phi) is 2.90. The van der Waals surface area contributed by atoms with E-state index in [1.165, 1.54) is 0 Å². The van der Waals surface area contributed by atoms with Crippen LogP contribution in [0, 0.1) is 0 Å². The van der Waals surface area contributed by atoms with Crippen molar-refractivity contribution in [1.29, 1.82) is 0 Å². The number of hydrogen-bond donors (Lipinski definition) is 4. The normalized spacial score (nSPS) is 16.0. The molecule has 0 amide bonds. The van der Waals surface area contributed by atoms with E-state index in [9.17, 15) is 0 Å². The summed E-state index contributed by atoms with van der Waals surface area (Å²) in [5.74, 6) is -0.0694. The van der Waals surface area contributed by atoms with Crippen LogP contribution in [0.5, 0.6) is 0 Å². The van der Waals surface area contributed by atoms with Crippen LogP contribution in [-0.2, 0) is 0 Å². The van der Waals surface area contributed by atoms with Gasteiger partial charge in [-0.15, -0.1) is 0 Å². The lowest BCUT2D eigenvalue weighted by atomic mass is 10.4. The highest BCUT2D eigenvalue weighted by Crippen LogP contribution is 1.80. The predicted octanol–water partition coefficient (Wildman–Crippen LogP) is -1.60. The Morgan fingerprint density at radius 3 is 2.38 bits per heavy atom. The highest BCUT2D eigenvalue weighted by molar-refractivity contribution is 5.79. The Morgan fingerprint density at radius 2 is 2.25 bits per heavy atom. The van der Waals surface area contributed by atoms with E-state index in [0.717, 1.165) is 0 Å². The van der Waals surface area contributed by atoms with Gasteiger partial charge in [0.25, 0.3) is 0 Å². The Bertz CT molecular complexity index is 90.5. The van der Waals surface area contributed by atoms with Crippen LogP contribution in [0.15, 0.2) is 5.16 Å². The van der Waals surface area contributed by atoms with Gasteiger partial charge >= 0.3 is 0 Å². The van der Waals surface area contributed by atoms with Crippen molar-refractivity contribution in [2.24, 2.45) is 16.6 Å². The second-order valence-electron chi connectivity index (χ2n) is 1.36. The van der Waals surface area contributed by atoms with Crippen LogP contribution < -0.4 is 11.5 Å². The van der Waals surface area contributed by atoms with Crippen LogP contribution in [0.4, 0.5) is 0 Å². The van der Waals surface area contributed by atoms with Gasteiger partial charge in [-0.2, -0.15) is 0 Å². The summed E-state index contributed by atoms with van der Waals surface area (Å²) in [4.78, 5) is 0. The standard InChI is InChI=1S/C3H9N3O2/c4-2(6-8)1-3(5)7/h3,7-8H,1,5H2,(H2,4,6). The van der Waals surface area contributed by atoms with E-state index in [4.69, 9.17) is 21.8 Å². The molecule has 0 fully saturated rings. The topological polar surface area (TPSA) is 105 Å². The minimum absolute atomic E-state index is 0.00347. The summed E-state index contributed by atoms with van der Waals surface area (Å²) in [6, 6.07) is 0. The lowest BCUT2D eigenvalue weighted by Crippen LogP contribution is -2.26. The lowest BCUT2D eigenvalue weighted by molar-refractivity contribution is 0.188. The molecule has 0 saturated carbocycles. The summed E-state index contributed by atoms with van der Waals surface area (Å²) in [5.41, 5.74) is 9.79. The smallest absolute Gasteiger partial charge is 0.143 e. The van der Waals surface area contributed by atoms with Crippen LogP contribution in [0.3, 0.4) is 0 Å². The number of nitrogens with zero attached hydrogens (tertiary/aromatic N) is 1. The fourth-order valence-electron chi connectivity index (χ4n) is 0.255. The fraction of sp³-hybridized carbons (Fsp3) is 0.667. The molecule has 1 atom stereocenters. The first-order valence-electron chi connectivity index (χ1n) is 2.07. The molecule has 5 nitrogen and oxygen atoms in total. The Balaban J connectivity index is 3.39. The quantitative estimate of drug-likeness (QED) is 0.115. The van der Waals surface area contributed by atoms with Crippen molar-refractivity contribution in [3.63, 3.8) is 0 Å². The van der Waals surface area contributed by atoms with Crippen molar-refractivity contribution in [3.05, 3.63) is 0 Å². The highest BCUT2D eigenvalue weighted by atomic mass is 16.4. The molecule has 0 spiro atoms. The van der Waals surface area contributed by atoms with Crippen LogP contribution in [0.1, 0.15) is 6.42 Å². The van der Waals surface area contributed by atoms with E-state index in [-0.39, 0.29) is 12.3 Å². The number of hydrogen-bond acceptors (Lipinski definition) is 4. The second-order valence-corrected chi connectivity index (χ2v) is 1.36. The van der Waals surface area contributed by atoms with Crippen molar-refractivity contribution < 1.29 is 10.3 Å². The van der Waals surface area contributed by atoms with Gasteiger partial charge < -0.3 is 21.8 Å². The molecule has 0 aliphatic rings. The van der Waals surface area contributed by atoms with Crippen LogP contribution >= 0.6 is 0 Å². The molecule has 0 heterocycles. The molecule has 48 valence electrons. The Labute approximate surface area is 46.6 Å². The fourth-order valence-corrected chi connectivity index (χ4v) is 0.255. The number of nitrogens with two attached hydrogens (primary N) is 2. The maximum atomic E-state index is 8.36. The van der Waals surface area contributed by atoms with E-state index in [1.807, 2.05) is 0 Å². The molecule has 0 aromatic rings. The first-order chi connectivity index (χ1) is 3.66. The van der Waals surface area contributed by atoms with Gasteiger partial charge in [0.15, 0.2) is 0 Å². The largest absolute Gasteiger partial charge is 0.409 e. The summed E-state index contributed by atoms with van der Waals surface area (Å²) in [7, 11) is 0. The Hall–Kier alpha value is -0.810. The van der Waals surface area contributed by atoms with Crippen molar-refractivity contribution in [2.75, 3.05) is 0 Å². The van der Waals surface area contributed by atoms with Gasteiger partial charge in [-0.1, -0.05) is 5.16 Å². The molecule has 0 aromatic heterocycles. The van der Waals surface area contributed by atoms with Crippen molar-refractivity contribution in [2.45, 2.75) is 12.6 Å². The number of aliphatic hydroxyl groups is 1. The molecular weight excluding hydrogens is 110 g/mol. The highest BCUT2D eigenvalue weighted by Gasteiger charge is 1.97. The molecule has 0 bridgehead atoms.